The van der Waals surface area contributed by atoms with Gasteiger partial charge in [-0.15, -0.1) is 0 Å². The number of rotatable bonds is 4. The molecule has 0 aromatic heterocycles. The Kier molecular flexibility index (Phi) is 5.97. The predicted octanol–water partition coefficient (Wildman–Crippen LogP) is 1.40. The van der Waals surface area contributed by atoms with Crippen molar-refractivity contribution in [1.29, 1.82) is 0 Å². The number of ether oxygens (including phenoxy) is 2. The van der Waals surface area contributed by atoms with E-state index in [-0.39, 0.29) is 24.6 Å². The van der Waals surface area contributed by atoms with Crippen LogP contribution in [0.2, 0.25) is 0 Å². The van der Waals surface area contributed by atoms with Gasteiger partial charge in [-0.1, -0.05) is 0 Å². The second-order valence-corrected chi connectivity index (χ2v) is 9.57. The number of anilines is 2. The van der Waals surface area contributed by atoms with Crippen LogP contribution in [0, 0.1) is 5.82 Å². The number of hydrogen-bond donors (Lipinski definition) is 1. The molecule has 0 aliphatic carbocycles. The smallest absolute Gasteiger partial charge is 0.414 e. The Balaban J connectivity index is 1.40. The fourth-order valence-electron chi connectivity index (χ4n) is 4.22. The van der Waals surface area contributed by atoms with E-state index in [1.165, 1.54) is 17.9 Å². The van der Waals surface area contributed by atoms with Crippen molar-refractivity contribution in [2.24, 2.45) is 0 Å². The van der Waals surface area contributed by atoms with Crippen molar-refractivity contribution in [3.63, 3.8) is 0 Å². The number of nitrogens with one attached hydrogen (secondary N) is 1. The van der Waals surface area contributed by atoms with Gasteiger partial charge in [0.15, 0.2) is 0 Å². The quantitative estimate of drug-likeness (QED) is 0.763. The number of hydrogen-bond acceptors (Lipinski definition) is 6. The number of amides is 2. The van der Waals surface area contributed by atoms with Gasteiger partial charge in [-0.25, -0.2) is 9.18 Å². The van der Waals surface area contributed by atoms with Crippen LogP contribution in [0.4, 0.5) is 20.6 Å². The van der Waals surface area contributed by atoms with Crippen LogP contribution in [-0.4, -0.2) is 72.2 Å². The molecule has 30 heavy (non-hydrogen) atoms. The van der Waals surface area contributed by atoms with Crippen LogP contribution < -0.4 is 15.1 Å². The first-order valence-electron chi connectivity index (χ1n) is 10.1. The molecular weight excluding hydrogens is 413 g/mol. The molecule has 164 valence electrons. The average molecular weight is 440 g/mol. The zero-order valence-electron chi connectivity index (χ0n) is 16.9. The maximum atomic E-state index is 14.9. The zero-order valence-corrected chi connectivity index (χ0v) is 17.7. The monoisotopic (exact) mass is 439 g/mol. The molecule has 1 aromatic carbocycles. The van der Waals surface area contributed by atoms with Gasteiger partial charge >= 0.3 is 6.09 Å². The number of carbonyl (C=O) groups excluding carboxylic acids is 2. The third-order valence-electron chi connectivity index (χ3n) is 5.85. The summed E-state index contributed by atoms with van der Waals surface area (Å²) in [4.78, 5) is 26.5. The van der Waals surface area contributed by atoms with E-state index in [0.29, 0.717) is 55.4 Å². The topological polar surface area (TPSA) is 88.2 Å². The van der Waals surface area contributed by atoms with Gasteiger partial charge in [-0.05, 0) is 31.0 Å². The molecule has 8 nitrogen and oxygen atoms in total. The van der Waals surface area contributed by atoms with E-state index >= 15 is 0 Å². The molecule has 1 N–H and O–H groups in total. The molecule has 0 radical (unpaired) electrons. The maximum Gasteiger partial charge on any atom is 0.414 e. The first-order chi connectivity index (χ1) is 14.3. The Labute approximate surface area is 177 Å². The van der Waals surface area contributed by atoms with Crippen LogP contribution in [0.15, 0.2) is 18.2 Å². The molecular formula is C20H26FN3O5S. The molecule has 2 amide bonds. The van der Waals surface area contributed by atoms with Crippen LogP contribution >= 0.6 is 0 Å². The fourth-order valence-corrected chi connectivity index (χ4v) is 5.59. The summed E-state index contributed by atoms with van der Waals surface area (Å²) in [5, 5.41) is 2.62. The van der Waals surface area contributed by atoms with Crippen molar-refractivity contribution in [3.8, 4) is 0 Å². The van der Waals surface area contributed by atoms with E-state index in [4.69, 9.17) is 9.47 Å². The van der Waals surface area contributed by atoms with E-state index in [0.717, 1.165) is 0 Å². The Hall–Kier alpha value is -2.20. The van der Waals surface area contributed by atoms with Crippen molar-refractivity contribution in [3.05, 3.63) is 24.0 Å². The van der Waals surface area contributed by atoms with Gasteiger partial charge in [0.1, 0.15) is 11.9 Å². The second kappa shape index (κ2) is 8.50. The summed E-state index contributed by atoms with van der Waals surface area (Å²) in [5.41, 5.74) is 0.553. The van der Waals surface area contributed by atoms with Gasteiger partial charge < -0.3 is 19.7 Å². The van der Waals surface area contributed by atoms with Crippen molar-refractivity contribution < 1.29 is 27.7 Å². The highest BCUT2D eigenvalue weighted by atomic mass is 32.2. The molecule has 3 aliphatic heterocycles. The van der Waals surface area contributed by atoms with E-state index in [9.17, 15) is 18.2 Å². The van der Waals surface area contributed by atoms with Gasteiger partial charge in [0.2, 0.25) is 5.91 Å². The van der Waals surface area contributed by atoms with Crippen molar-refractivity contribution in [2.75, 3.05) is 54.1 Å². The van der Waals surface area contributed by atoms with Crippen molar-refractivity contribution in [2.45, 2.75) is 31.5 Å². The van der Waals surface area contributed by atoms with Crippen LogP contribution in [-0.2, 0) is 25.1 Å². The highest BCUT2D eigenvalue weighted by molar-refractivity contribution is 7.85. The van der Waals surface area contributed by atoms with E-state index in [1.807, 2.05) is 4.90 Å². The van der Waals surface area contributed by atoms with Crippen molar-refractivity contribution in [1.82, 2.24) is 5.32 Å². The fraction of sp³-hybridized carbons (Fsp3) is 0.600. The van der Waals surface area contributed by atoms with Gasteiger partial charge in [0.25, 0.3) is 0 Å². The summed E-state index contributed by atoms with van der Waals surface area (Å²) in [5.74, 6) is 0.535. The summed E-state index contributed by atoms with van der Waals surface area (Å²) in [6, 6.07) is 4.72. The largest absolute Gasteiger partial charge is 0.442 e. The number of cyclic esters (lactones) is 1. The van der Waals surface area contributed by atoms with Crippen LogP contribution in [0.1, 0.15) is 19.8 Å². The predicted molar refractivity (Wildman–Crippen MR) is 111 cm³/mol. The Bertz CT molecular complexity index is 859. The molecule has 3 saturated heterocycles. The molecule has 1 unspecified atom stereocenters. The van der Waals surface area contributed by atoms with E-state index < -0.39 is 28.8 Å². The van der Waals surface area contributed by atoms with Gasteiger partial charge in [0.05, 0.1) is 42.4 Å². The van der Waals surface area contributed by atoms with Gasteiger partial charge in [-0.3, -0.25) is 13.9 Å². The standard InChI is InChI=1S/C20H26FN3O5S/c1-14(25)22-11-16-12-24(19(26)29-16)15-2-3-18(17(21)10-15)23-6-4-20(5-7-23)13-30(27)9-8-28-20/h2-3,10,16H,4-9,11-13H2,1H3,(H,22,25)/t16-,30?/m0/s1. The number of piperidine rings is 1. The van der Waals surface area contributed by atoms with Crippen LogP contribution in [0.25, 0.3) is 0 Å². The molecule has 1 aromatic rings. The zero-order chi connectivity index (χ0) is 21.3. The lowest BCUT2D eigenvalue weighted by Gasteiger charge is -2.44. The normalized spacial score (nSPS) is 26.0. The lowest BCUT2D eigenvalue weighted by molar-refractivity contribution is -0.119. The van der Waals surface area contributed by atoms with Gasteiger partial charge in [0, 0.05) is 36.6 Å². The summed E-state index contributed by atoms with van der Waals surface area (Å²) < 4.78 is 38.0. The van der Waals surface area contributed by atoms with E-state index in [2.05, 4.69) is 5.32 Å². The lowest BCUT2D eigenvalue weighted by atomic mass is 9.92. The second-order valence-electron chi connectivity index (χ2n) is 8.00. The minimum Gasteiger partial charge on any atom is -0.442 e. The first kappa shape index (κ1) is 21.0. The summed E-state index contributed by atoms with van der Waals surface area (Å²) in [6.07, 6.45) is 0.398. The van der Waals surface area contributed by atoms with Crippen LogP contribution in [0.5, 0.6) is 0 Å². The number of benzene rings is 1. The molecule has 10 heteroatoms. The Morgan fingerprint density at radius 3 is 2.80 bits per heavy atom. The van der Waals surface area contributed by atoms with E-state index in [1.54, 1.807) is 12.1 Å². The van der Waals surface area contributed by atoms with Gasteiger partial charge in [-0.2, -0.15) is 0 Å². The molecule has 1 spiro atoms. The minimum absolute atomic E-state index is 0.201. The number of carbonyl (C=O) groups is 2. The maximum absolute atomic E-state index is 14.9. The highest BCUT2D eigenvalue weighted by Gasteiger charge is 2.40. The molecule has 3 fully saturated rings. The average Bonchev–Trinajstić information content (AvgIpc) is 3.08. The Morgan fingerprint density at radius 1 is 1.37 bits per heavy atom. The third-order valence-corrected chi connectivity index (χ3v) is 7.32. The molecule has 3 aliphatic rings. The van der Waals surface area contributed by atoms with Crippen LogP contribution in [0.3, 0.4) is 0 Å². The highest BCUT2D eigenvalue weighted by Crippen LogP contribution is 2.34. The third kappa shape index (κ3) is 4.44. The minimum atomic E-state index is -0.843. The molecule has 4 rings (SSSR count). The summed E-state index contributed by atoms with van der Waals surface area (Å²) >= 11 is 0. The molecule has 0 saturated carbocycles. The first-order valence-corrected chi connectivity index (χ1v) is 11.6. The number of nitrogens with zero attached hydrogens (tertiary/aromatic N) is 2. The Morgan fingerprint density at radius 2 is 2.13 bits per heavy atom. The summed E-state index contributed by atoms with van der Waals surface area (Å²) in [7, 11) is -0.843. The number of halogens is 1. The molecule has 2 atom stereocenters. The lowest BCUT2D eigenvalue weighted by Crippen LogP contribution is -2.52. The molecule has 0 bridgehead atoms. The summed E-state index contributed by atoms with van der Waals surface area (Å²) in [6.45, 7) is 3.63. The SMILES string of the molecule is CC(=O)NC[C@H]1CN(c2ccc(N3CCC4(CC3)CS(=O)CCO4)c(F)c2)C(=O)O1. The van der Waals surface area contributed by atoms with Crippen molar-refractivity contribution >= 4 is 34.2 Å². The molecule has 3 heterocycles.